The van der Waals surface area contributed by atoms with E-state index in [9.17, 15) is 18.3 Å². The highest BCUT2D eigenvalue weighted by Crippen LogP contribution is 2.24. The number of hydrogen-bond donors (Lipinski definition) is 2. The molecule has 2 rings (SSSR count). The fourth-order valence-corrected chi connectivity index (χ4v) is 3.95. The molecular weight excluding hydrogens is 330 g/mol. The van der Waals surface area contributed by atoms with Crippen LogP contribution in [0.1, 0.15) is 37.7 Å². The summed E-state index contributed by atoms with van der Waals surface area (Å²) in [5, 5.41) is 13.2. The Bertz CT molecular complexity index is 697. The number of phenolic OH excluding ortho intramolecular Hbond substituents is 1. The van der Waals surface area contributed by atoms with Crippen LogP contribution in [0.5, 0.6) is 5.75 Å². The quantitative estimate of drug-likeness (QED) is 0.597. The van der Waals surface area contributed by atoms with Gasteiger partial charge in [-0.2, -0.15) is 9.41 Å². The third kappa shape index (κ3) is 5.61. The Morgan fingerprint density at radius 2 is 2.08 bits per heavy atom. The SMILES string of the molecule is CS(=O)(=O)N(CC(=O)N/N=C/c1cccc(O)c1)C1CCCCC1. The number of hydrogen-bond acceptors (Lipinski definition) is 5. The number of sulfonamides is 1. The van der Waals surface area contributed by atoms with Gasteiger partial charge in [0.15, 0.2) is 0 Å². The molecule has 132 valence electrons. The van der Waals surface area contributed by atoms with Crippen molar-refractivity contribution >= 4 is 22.1 Å². The molecule has 1 saturated carbocycles. The van der Waals surface area contributed by atoms with Gasteiger partial charge in [-0.15, -0.1) is 0 Å². The fourth-order valence-electron chi connectivity index (χ4n) is 2.85. The largest absolute Gasteiger partial charge is 0.508 e. The Labute approximate surface area is 142 Å². The summed E-state index contributed by atoms with van der Waals surface area (Å²) in [6.45, 7) is -0.235. The Balaban J connectivity index is 1.95. The summed E-state index contributed by atoms with van der Waals surface area (Å²) >= 11 is 0. The average Bonchev–Trinajstić information content (AvgIpc) is 2.52. The maximum absolute atomic E-state index is 12.0. The molecule has 0 atom stereocenters. The number of nitrogens with one attached hydrogen (secondary N) is 1. The third-order valence-corrected chi connectivity index (χ3v) is 5.26. The molecule has 1 amide bonds. The molecule has 8 heteroatoms. The van der Waals surface area contributed by atoms with Gasteiger partial charge in [0.05, 0.1) is 19.0 Å². The summed E-state index contributed by atoms with van der Waals surface area (Å²) < 4.78 is 25.2. The van der Waals surface area contributed by atoms with Crippen LogP contribution in [0.4, 0.5) is 0 Å². The molecule has 2 N–H and O–H groups in total. The molecule has 1 aliphatic carbocycles. The van der Waals surface area contributed by atoms with Crippen molar-refractivity contribution in [3.63, 3.8) is 0 Å². The van der Waals surface area contributed by atoms with Crippen LogP contribution < -0.4 is 5.43 Å². The first-order chi connectivity index (χ1) is 11.4. The van der Waals surface area contributed by atoms with E-state index in [4.69, 9.17) is 0 Å². The summed E-state index contributed by atoms with van der Waals surface area (Å²) in [4.78, 5) is 12.0. The number of hydrazone groups is 1. The van der Waals surface area contributed by atoms with Crippen LogP contribution in [0.25, 0.3) is 0 Å². The monoisotopic (exact) mass is 353 g/mol. The number of phenols is 1. The van der Waals surface area contributed by atoms with Crippen molar-refractivity contribution in [2.75, 3.05) is 12.8 Å². The van der Waals surface area contributed by atoms with E-state index >= 15 is 0 Å². The van der Waals surface area contributed by atoms with Gasteiger partial charge in [0.25, 0.3) is 5.91 Å². The molecule has 1 aliphatic rings. The van der Waals surface area contributed by atoms with E-state index in [-0.39, 0.29) is 18.3 Å². The summed E-state index contributed by atoms with van der Waals surface area (Å²) in [7, 11) is -3.45. The lowest BCUT2D eigenvalue weighted by Gasteiger charge is -2.31. The van der Waals surface area contributed by atoms with Crippen molar-refractivity contribution in [3.8, 4) is 5.75 Å². The molecule has 24 heavy (non-hydrogen) atoms. The van der Waals surface area contributed by atoms with Gasteiger partial charge in [0.1, 0.15) is 5.75 Å². The fraction of sp³-hybridized carbons (Fsp3) is 0.500. The lowest BCUT2D eigenvalue weighted by Crippen LogP contribution is -2.45. The maximum atomic E-state index is 12.0. The first-order valence-electron chi connectivity index (χ1n) is 7.94. The topological polar surface area (TPSA) is 99.1 Å². The standard InChI is InChI=1S/C16H23N3O4S/c1-24(22,23)19(14-7-3-2-4-8-14)12-16(21)18-17-11-13-6-5-9-15(20)10-13/h5-6,9-11,14,20H,2-4,7-8,12H2,1H3,(H,18,21)/b17-11+. The second-order valence-corrected chi connectivity index (χ2v) is 7.92. The summed E-state index contributed by atoms with van der Waals surface area (Å²) in [5.74, 6) is -0.381. The van der Waals surface area contributed by atoms with Crippen molar-refractivity contribution in [2.45, 2.75) is 38.1 Å². The van der Waals surface area contributed by atoms with Crippen molar-refractivity contribution in [1.82, 2.24) is 9.73 Å². The molecule has 7 nitrogen and oxygen atoms in total. The Morgan fingerprint density at radius 1 is 1.38 bits per heavy atom. The van der Waals surface area contributed by atoms with E-state index in [0.717, 1.165) is 38.4 Å². The molecule has 0 aliphatic heterocycles. The van der Waals surface area contributed by atoms with E-state index in [0.29, 0.717) is 5.56 Å². The van der Waals surface area contributed by atoms with Crippen LogP contribution in [-0.4, -0.2) is 48.8 Å². The van der Waals surface area contributed by atoms with Crippen LogP contribution in [0.15, 0.2) is 29.4 Å². The summed E-state index contributed by atoms with van der Waals surface area (Å²) in [6, 6.07) is 6.30. The van der Waals surface area contributed by atoms with Gasteiger partial charge in [-0.3, -0.25) is 4.79 Å². The van der Waals surface area contributed by atoms with Gasteiger partial charge >= 0.3 is 0 Å². The minimum absolute atomic E-state index is 0.103. The molecule has 0 bridgehead atoms. The van der Waals surface area contributed by atoms with Gasteiger partial charge in [-0.25, -0.2) is 13.8 Å². The molecule has 0 saturated heterocycles. The van der Waals surface area contributed by atoms with E-state index in [2.05, 4.69) is 10.5 Å². The van der Waals surface area contributed by atoms with Crippen LogP contribution in [-0.2, 0) is 14.8 Å². The molecule has 0 radical (unpaired) electrons. The van der Waals surface area contributed by atoms with Crippen LogP contribution in [0, 0.1) is 0 Å². The second-order valence-electron chi connectivity index (χ2n) is 5.99. The number of amides is 1. The van der Waals surface area contributed by atoms with Gasteiger partial charge in [0, 0.05) is 6.04 Å². The Hall–Kier alpha value is -1.93. The van der Waals surface area contributed by atoms with Gasteiger partial charge in [-0.1, -0.05) is 31.4 Å². The Kier molecular flexibility index (Phi) is 6.33. The number of rotatable bonds is 6. The molecule has 0 aromatic heterocycles. The highest BCUT2D eigenvalue weighted by Gasteiger charge is 2.29. The molecule has 0 spiro atoms. The number of aromatic hydroxyl groups is 1. The maximum Gasteiger partial charge on any atom is 0.255 e. The zero-order valence-electron chi connectivity index (χ0n) is 13.7. The summed E-state index contributed by atoms with van der Waals surface area (Å²) in [6.07, 6.45) is 7.16. The van der Waals surface area contributed by atoms with E-state index < -0.39 is 15.9 Å². The minimum Gasteiger partial charge on any atom is -0.508 e. The molecule has 0 unspecified atom stereocenters. The van der Waals surface area contributed by atoms with Crippen molar-refractivity contribution in [3.05, 3.63) is 29.8 Å². The van der Waals surface area contributed by atoms with E-state index in [1.807, 2.05) is 0 Å². The van der Waals surface area contributed by atoms with Crippen LogP contribution in [0.3, 0.4) is 0 Å². The molecule has 1 aromatic rings. The Morgan fingerprint density at radius 3 is 2.71 bits per heavy atom. The predicted molar refractivity (Wildman–Crippen MR) is 92.3 cm³/mol. The summed E-state index contributed by atoms with van der Waals surface area (Å²) in [5.41, 5.74) is 2.96. The molecule has 1 fully saturated rings. The van der Waals surface area contributed by atoms with E-state index in [1.54, 1.807) is 12.1 Å². The molecule has 1 aromatic carbocycles. The highest BCUT2D eigenvalue weighted by molar-refractivity contribution is 7.88. The number of carbonyl (C=O) groups is 1. The number of benzene rings is 1. The highest BCUT2D eigenvalue weighted by atomic mass is 32.2. The van der Waals surface area contributed by atoms with Gasteiger partial charge < -0.3 is 5.11 Å². The van der Waals surface area contributed by atoms with E-state index in [1.165, 1.54) is 22.7 Å². The molecular formula is C16H23N3O4S. The van der Waals surface area contributed by atoms with Gasteiger partial charge in [-0.05, 0) is 30.5 Å². The van der Waals surface area contributed by atoms with Crippen molar-refractivity contribution < 1.29 is 18.3 Å². The molecule has 0 heterocycles. The zero-order valence-corrected chi connectivity index (χ0v) is 14.5. The van der Waals surface area contributed by atoms with Gasteiger partial charge in [0.2, 0.25) is 10.0 Å². The van der Waals surface area contributed by atoms with Crippen LogP contribution in [0.2, 0.25) is 0 Å². The second kappa shape index (κ2) is 8.25. The first-order valence-corrected chi connectivity index (χ1v) is 9.79. The minimum atomic E-state index is -3.45. The van der Waals surface area contributed by atoms with Crippen molar-refractivity contribution in [2.24, 2.45) is 5.10 Å². The normalized spacial score (nSPS) is 16.6. The number of nitrogens with zero attached hydrogens (tertiary/aromatic N) is 2. The van der Waals surface area contributed by atoms with Crippen LogP contribution >= 0.6 is 0 Å². The lowest BCUT2D eigenvalue weighted by atomic mass is 9.95. The first kappa shape index (κ1) is 18.4. The number of carbonyl (C=O) groups excluding carboxylic acids is 1. The third-order valence-electron chi connectivity index (χ3n) is 3.98. The average molecular weight is 353 g/mol. The van der Waals surface area contributed by atoms with Crippen molar-refractivity contribution in [1.29, 1.82) is 0 Å². The smallest absolute Gasteiger partial charge is 0.255 e. The lowest BCUT2D eigenvalue weighted by molar-refractivity contribution is -0.121. The predicted octanol–water partition coefficient (Wildman–Crippen LogP) is 1.44. The zero-order chi connectivity index (χ0) is 17.6.